The van der Waals surface area contributed by atoms with Crippen molar-refractivity contribution in [3.8, 4) is 5.75 Å². The smallest absolute Gasteiger partial charge is 0.262 e. The minimum absolute atomic E-state index is 0.00477. The molecule has 1 heterocycles. The van der Waals surface area contributed by atoms with Crippen LogP contribution < -0.4 is 15.0 Å². The van der Waals surface area contributed by atoms with E-state index in [0.717, 1.165) is 24.5 Å². The van der Waals surface area contributed by atoms with Crippen LogP contribution in [0.15, 0.2) is 48.5 Å². The summed E-state index contributed by atoms with van der Waals surface area (Å²) in [6.45, 7) is 9.47. The van der Waals surface area contributed by atoms with E-state index in [2.05, 4.69) is 23.2 Å². The first-order valence-corrected chi connectivity index (χ1v) is 11.2. The summed E-state index contributed by atoms with van der Waals surface area (Å²) in [5.74, 6) is 1.15. The number of carbonyl (C=O) groups excluding carboxylic acids is 2. The number of anilines is 2. The van der Waals surface area contributed by atoms with E-state index in [9.17, 15) is 9.59 Å². The number of para-hydroxylation sites is 2. The van der Waals surface area contributed by atoms with E-state index >= 15 is 0 Å². The zero-order chi connectivity index (χ0) is 22.2. The molecule has 1 saturated heterocycles. The molecular formula is C25H33N3O3. The molecule has 0 radical (unpaired) electrons. The lowest BCUT2D eigenvalue weighted by atomic mass is 9.99. The normalized spacial score (nSPS) is 16.0. The van der Waals surface area contributed by atoms with Gasteiger partial charge in [-0.3, -0.25) is 9.59 Å². The number of benzene rings is 2. The predicted molar refractivity (Wildman–Crippen MR) is 125 cm³/mol. The second-order valence-electron chi connectivity index (χ2n) is 8.05. The van der Waals surface area contributed by atoms with Crippen molar-refractivity contribution >= 4 is 23.2 Å². The van der Waals surface area contributed by atoms with Crippen LogP contribution in [0.3, 0.4) is 0 Å². The van der Waals surface area contributed by atoms with E-state index in [-0.39, 0.29) is 18.4 Å². The first-order chi connectivity index (χ1) is 15.0. The van der Waals surface area contributed by atoms with Crippen LogP contribution in [0.1, 0.15) is 44.0 Å². The Balaban J connectivity index is 1.57. The molecule has 3 rings (SSSR count). The van der Waals surface area contributed by atoms with Crippen molar-refractivity contribution in [3.63, 3.8) is 0 Å². The average molecular weight is 424 g/mol. The molecule has 31 heavy (non-hydrogen) atoms. The average Bonchev–Trinajstić information content (AvgIpc) is 2.79. The molecule has 0 spiro atoms. The Morgan fingerprint density at radius 2 is 1.81 bits per heavy atom. The number of hydrogen-bond donors (Lipinski definition) is 1. The zero-order valence-corrected chi connectivity index (χ0v) is 18.8. The molecule has 0 saturated carbocycles. The van der Waals surface area contributed by atoms with E-state index in [4.69, 9.17) is 4.74 Å². The number of carbonyl (C=O) groups is 2. The molecule has 2 aromatic carbocycles. The molecule has 2 aromatic rings. The molecule has 1 unspecified atom stereocenters. The first-order valence-electron chi connectivity index (χ1n) is 11.2. The van der Waals surface area contributed by atoms with Gasteiger partial charge in [-0.05, 0) is 69.0 Å². The van der Waals surface area contributed by atoms with Crippen LogP contribution in [-0.2, 0) is 4.79 Å². The molecule has 1 atom stereocenters. The van der Waals surface area contributed by atoms with Crippen molar-refractivity contribution in [2.75, 3.05) is 43.0 Å². The molecule has 6 heteroatoms. The van der Waals surface area contributed by atoms with Gasteiger partial charge in [0.25, 0.3) is 11.8 Å². The monoisotopic (exact) mass is 423 g/mol. The quantitative estimate of drug-likeness (QED) is 0.683. The van der Waals surface area contributed by atoms with Crippen LogP contribution in [0.25, 0.3) is 0 Å². The first kappa shape index (κ1) is 22.7. The number of piperidine rings is 1. The third-order valence-electron chi connectivity index (χ3n) is 5.69. The van der Waals surface area contributed by atoms with E-state index in [1.165, 1.54) is 12.8 Å². The van der Waals surface area contributed by atoms with E-state index < -0.39 is 0 Å². The van der Waals surface area contributed by atoms with Crippen LogP contribution in [0, 0.1) is 5.92 Å². The molecule has 1 fully saturated rings. The van der Waals surface area contributed by atoms with Gasteiger partial charge in [0.1, 0.15) is 5.75 Å². The lowest BCUT2D eigenvalue weighted by Crippen LogP contribution is -2.34. The number of nitrogens with zero attached hydrogens (tertiary/aromatic N) is 2. The van der Waals surface area contributed by atoms with Gasteiger partial charge in [-0.2, -0.15) is 0 Å². The van der Waals surface area contributed by atoms with Gasteiger partial charge in [0.05, 0.1) is 5.69 Å². The van der Waals surface area contributed by atoms with Crippen molar-refractivity contribution in [2.24, 2.45) is 5.92 Å². The minimum atomic E-state index is -0.232. The van der Waals surface area contributed by atoms with Gasteiger partial charge in [-0.15, -0.1) is 0 Å². The van der Waals surface area contributed by atoms with E-state index in [0.29, 0.717) is 30.3 Å². The predicted octanol–water partition coefficient (Wildman–Crippen LogP) is 4.42. The van der Waals surface area contributed by atoms with Crippen LogP contribution in [0.4, 0.5) is 11.4 Å². The number of nitrogens with one attached hydrogen (secondary N) is 1. The number of rotatable bonds is 8. The third-order valence-corrected chi connectivity index (χ3v) is 5.69. The fraction of sp³-hybridized carbons (Fsp3) is 0.440. The maximum Gasteiger partial charge on any atom is 0.262 e. The molecule has 166 valence electrons. The maximum absolute atomic E-state index is 12.4. The van der Waals surface area contributed by atoms with Gasteiger partial charge in [-0.1, -0.05) is 19.1 Å². The largest absolute Gasteiger partial charge is 0.482 e. The lowest BCUT2D eigenvalue weighted by molar-refractivity contribution is -0.118. The molecule has 1 aliphatic heterocycles. The second-order valence-corrected chi connectivity index (χ2v) is 8.05. The topological polar surface area (TPSA) is 61.9 Å². The highest BCUT2D eigenvalue weighted by Gasteiger charge is 2.19. The van der Waals surface area contributed by atoms with Crippen molar-refractivity contribution < 1.29 is 14.3 Å². The molecule has 1 aliphatic rings. The van der Waals surface area contributed by atoms with E-state index in [1.54, 1.807) is 29.2 Å². The summed E-state index contributed by atoms with van der Waals surface area (Å²) >= 11 is 0. The molecule has 2 amide bonds. The Bertz CT molecular complexity index is 878. The maximum atomic E-state index is 12.4. The SMILES string of the molecule is CCN(CC)C(=O)c1ccc(NC(=O)COc2ccccc2N2CCCC(C)C2)cc1. The number of hydrogen-bond acceptors (Lipinski definition) is 4. The highest BCUT2D eigenvalue weighted by molar-refractivity contribution is 5.96. The van der Waals surface area contributed by atoms with Gasteiger partial charge in [-0.25, -0.2) is 0 Å². The number of ether oxygens (including phenoxy) is 1. The molecule has 0 aliphatic carbocycles. The third kappa shape index (κ3) is 6.00. The molecule has 0 aromatic heterocycles. The Kier molecular flexibility index (Phi) is 7.93. The molecule has 1 N–H and O–H groups in total. The van der Waals surface area contributed by atoms with Crippen molar-refractivity contribution in [2.45, 2.75) is 33.6 Å². The summed E-state index contributed by atoms with van der Waals surface area (Å²) in [4.78, 5) is 28.9. The lowest BCUT2D eigenvalue weighted by Gasteiger charge is -2.33. The summed E-state index contributed by atoms with van der Waals surface area (Å²) in [5, 5.41) is 2.84. The van der Waals surface area contributed by atoms with Gasteiger partial charge < -0.3 is 19.9 Å². The minimum Gasteiger partial charge on any atom is -0.482 e. The summed E-state index contributed by atoms with van der Waals surface area (Å²) in [6, 6.07) is 14.9. The summed E-state index contributed by atoms with van der Waals surface area (Å²) in [5.41, 5.74) is 2.30. The van der Waals surface area contributed by atoms with Crippen molar-refractivity contribution in [1.82, 2.24) is 4.90 Å². The Labute approximate surface area is 185 Å². The molecule has 6 nitrogen and oxygen atoms in total. The summed E-state index contributed by atoms with van der Waals surface area (Å²) in [7, 11) is 0. The van der Waals surface area contributed by atoms with Crippen LogP contribution in [0.5, 0.6) is 5.75 Å². The summed E-state index contributed by atoms with van der Waals surface area (Å²) in [6.07, 6.45) is 2.42. The Morgan fingerprint density at radius 1 is 1.10 bits per heavy atom. The second kappa shape index (κ2) is 10.8. The van der Waals surface area contributed by atoms with Gasteiger partial charge in [0, 0.05) is 37.4 Å². The van der Waals surface area contributed by atoms with Crippen molar-refractivity contribution in [3.05, 3.63) is 54.1 Å². The van der Waals surface area contributed by atoms with Crippen LogP contribution >= 0.6 is 0 Å². The zero-order valence-electron chi connectivity index (χ0n) is 18.8. The van der Waals surface area contributed by atoms with Gasteiger partial charge in [0.15, 0.2) is 6.61 Å². The van der Waals surface area contributed by atoms with Crippen LogP contribution in [-0.4, -0.2) is 49.5 Å². The van der Waals surface area contributed by atoms with Crippen molar-refractivity contribution in [1.29, 1.82) is 0 Å². The fourth-order valence-electron chi connectivity index (χ4n) is 3.98. The van der Waals surface area contributed by atoms with Gasteiger partial charge in [0.2, 0.25) is 0 Å². The highest BCUT2D eigenvalue weighted by Crippen LogP contribution is 2.31. The molecular weight excluding hydrogens is 390 g/mol. The Hall–Kier alpha value is -3.02. The number of amides is 2. The van der Waals surface area contributed by atoms with Gasteiger partial charge >= 0.3 is 0 Å². The summed E-state index contributed by atoms with van der Waals surface area (Å²) < 4.78 is 5.87. The van der Waals surface area contributed by atoms with Crippen LogP contribution in [0.2, 0.25) is 0 Å². The Morgan fingerprint density at radius 3 is 2.48 bits per heavy atom. The standard InChI is InChI=1S/C25H33N3O3/c1-4-27(5-2)25(30)20-12-14-21(15-13-20)26-24(29)18-31-23-11-7-6-10-22(23)28-16-8-9-19(3)17-28/h6-7,10-15,19H,4-5,8-9,16-18H2,1-3H3,(H,26,29). The van der Waals surface area contributed by atoms with E-state index in [1.807, 2.05) is 32.0 Å². The fourth-order valence-corrected chi connectivity index (χ4v) is 3.98. The highest BCUT2D eigenvalue weighted by atomic mass is 16.5. The molecule has 0 bridgehead atoms.